The molecule has 9 aromatic carbocycles. The van der Waals surface area contributed by atoms with Crippen molar-refractivity contribution in [3.8, 4) is 27.9 Å². The number of aromatic nitrogens is 1. The third kappa shape index (κ3) is 4.89. The van der Waals surface area contributed by atoms with E-state index in [0.717, 1.165) is 17.1 Å². The first-order valence-electron chi connectivity index (χ1n) is 19.6. The Labute approximate surface area is 327 Å². The van der Waals surface area contributed by atoms with Crippen molar-refractivity contribution in [2.24, 2.45) is 0 Å². The predicted molar refractivity (Wildman–Crippen MR) is 238 cm³/mol. The van der Waals surface area contributed by atoms with Gasteiger partial charge in [0.2, 0.25) is 0 Å². The SMILES string of the molecule is Cc1cc(-c2ccccc2)ccc1N(c1ccc2ccc3ccccc3c2c1)c1ccc2c(c1)c1cc3c(cc1n2-c1ccccc1)C(C)(C)c1ccccc1-3. The summed E-state index contributed by atoms with van der Waals surface area (Å²) in [4.78, 5) is 2.46. The van der Waals surface area contributed by atoms with Gasteiger partial charge in [0.15, 0.2) is 0 Å². The summed E-state index contributed by atoms with van der Waals surface area (Å²) in [5.41, 5.74) is 16.0. The summed E-state index contributed by atoms with van der Waals surface area (Å²) in [7, 11) is 0. The highest BCUT2D eigenvalue weighted by Crippen LogP contribution is 2.51. The third-order valence-electron chi connectivity index (χ3n) is 12.3. The summed E-state index contributed by atoms with van der Waals surface area (Å²) >= 11 is 0. The van der Waals surface area contributed by atoms with Gasteiger partial charge >= 0.3 is 0 Å². The molecule has 2 heteroatoms. The van der Waals surface area contributed by atoms with E-state index in [-0.39, 0.29) is 5.41 Å². The van der Waals surface area contributed by atoms with Crippen LogP contribution in [-0.2, 0) is 5.41 Å². The average molecular weight is 717 g/mol. The van der Waals surface area contributed by atoms with Crippen LogP contribution in [0.15, 0.2) is 188 Å². The van der Waals surface area contributed by atoms with Crippen molar-refractivity contribution >= 4 is 60.4 Å². The maximum absolute atomic E-state index is 2.47. The zero-order valence-corrected chi connectivity index (χ0v) is 31.8. The predicted octanol–water partition coefficient (Wildman–Crippen LogP) is 14.8. The Morgan fingerprint density at radius 3 is 1.88 bits per heavy atom. The molecule has 56 heavy (non-hydrogen) atoms. The number of para-hydroxylation sites is 1. The summed E-state index contributed by atoms with van der Waals surface area (Å²) in [5.74, 6) is 0. The van der Waals surface area contributed by atoms with Crippen LogP contribution in [0.1, 0.15) is 30.5 Å². The number of benzene rings is 9. The van der Waals surface area contributed by atoms with Gasteiger partial charge in [-0.2, -0.15) is 0 Å². The maximum Gasteiger partial charge on any atom is 0.0544 e. The van der Waals surface area contributed by atoms with E-state index in [1.165, 1.54) is 88.0 Å². The number of anilines is 3. The van der Waals surface area contributed by atoms with E-state index in [2.05, 4.69) is 218 Å². The highest BCUT2D eigenvalue weighted by atomic mass is 15.1. The summed E-state index contributed by atoms with van der Waals surface area (Å²) in [5, 5.41) is 7.50. The van der Waals surface area contributed by atoms with Crippen molar-refractivity contribution in [1.29, 1.82) is 0 Å². The van der Waals surface area contributed by atoms with Crippen LogP contribution < -0.4 is 4.90 Å². The third-order valence-corrected chi connectivity index (χ3v) is 12.3. The fourth-order valence-corrected chi connectivity index (χ4v) is 9.47. The van der Waals surface area contributed by atoms with E-state index in [0.29, 0.717) is 0 Å². The molecule has 0 bridgehead atoms. The molecule has 1 aromatic heterocycles. The molecule has 0 radical (unpaired) electrons. The van der Waals surface area contributed by atoms with Crippen LogP contribution in [-0.4, -0.2) is 4.57 Å². The van der Waals surface area contributed by atoms with E-state index < -0.39 is 0 Å². The standard InChI is InChI=1S/C54H40N2/c1-35-30-39(36-14-6-4-7-15-36)25-28-51(35)55(41-26-24-38-23-22-37-16-10-11-19-43(37)45(38)31-41)42-27-29-52-47(32-42)48-33-46-44-20-12-13-21-49(44)54(2,3)50(46)34-53(48)56(52)40-17-8-5-9-18-40/h4-34H,1-3H3. The van der Waals surface area contributed by atoms with Gasteiger partial charge in [-0.3, -0.25) is 0 Å². The highest BCUT2D eigenvalue weighted by Gasteiger charge is 2.36. The monoisotopic (exact) mass is 716 g/mol. The number of nitrogens with zero attached hydrogens (tertiary/aromatic N) is 2. The largest absolute Gasteiger partial charge is 0.310 e. The lowest BCUT2D eigenvalue weighted by Crippen LogP contribution is -2.14. The van der Waals surface area contributed by atoms with Crippen LogP contribution in [0.4, 0.5) is 17.1 Å². The van der Waals surface area contributed by atoms with Gasteiger partial charge in [-0.25, -0.2) is 0 Å². The molecular weight excluding hydrogens is 677 g/mol. The van der Waals surface area contributed by atoms with E-state index in [1.54, 1.807) is 0 Å². The van der Waals surface area contributed by atoms with Crippen LogP contribution >= 0.6 is 0 Å². The molecule has 0 fully saturated rings. The minimum absolute atomic E-state index is 0.0935. The van der Waals surface area contributed by atoms with E-state index in [4.69, 9.17) is 0 Å². The molecule has 11 rings (SSSR count). The lowest BCUT2D eigenvalue weighted by atomic mass is 9.82. The van der Waals surface area contributed by atoms with Gasteiger partial charge in [0.05, 0.1) is 11.0 Å². The van der Waals surface area contributed by atoms with Crippen molar-refractivity contribution in [2.45, 2.75) is 26.2 Å². The average Bonchev–Trinajstić information content (AvgIpc) is 3.68. The molecule has 1 aliphatic rings. The Morgan fingerprint density at radius 1 is 0.429 bits per heavy atom. The van der Waals surface area contributed by atoms with Gasteiger partial charge in [0.1, 0.15) is 0 Å². The van der Waals surface area contributed by atoms with E-state index in [9.17, 15) is 0 Å². The quantitative estimate of drug-likeness (QED) is 0.161. The lowest BCUT2D eigenvalue weighted by Gasteiger charge is -2.28. The van der Waals surface area contributed by atoms with Gasteiger partial charge < -0.3 is 9.47 Å². The maximum atomic E-state index is 2.47. The van der Waals surface area contributed by atoms with Gasteiger partial charge in [0, 0.05) is 38.9 Å². The molecule has 0 atom stereocenters. The van der Waals surface area contributed by atoms with Gasteiger partial charge in [-0.05, 0) is 134 Å². The second kappa shape index (κ2) is 12.3. The Morgan fingerprint density at radius 2 is 1.07 bits per heavy atom. The molecule has 0 saturated carbocycles. The van der Waals surface area contributed by atoms with Crippen molar-refractivity contribution in [3.05, 3.63) is 205 Å². The van der Waals surface area contributed by atoms with Crippen molar-refractivity contribution < 1.29 is 0 Å². The number of rotatable bonds is 5. The molecule has 1 aliphatic carbocycles. The number of aryl methyl sites for hydroxylation is 1. The molecule has 0 N–H and O–H groups in total. The number of hydrogen-bond donors (Lipinski definition) is 0. The van der Waals surface area contributed by atoms with Crippen LogP contribution in [0, 0.1) is 6.92 Å². The fourth-order valence-electron chi connectivity index (χ4n) is 9.47. The van der Waals surface area contributed by atoms with Crippen LogP contribution in [0.2, 0.25) is 0 Å². The zero-order chi connectivity index (χ0) is 37.5. The number of hydrogen-bond acceptors (Lipinski definition) is 1. The summed E-state index contributed by atoms with van der Waals surface area (Å²) in [6, 6.07) is 69.5. The van der Waals surface area contributed by atoms with Crippen LogP contribution in [0.5, 0.6) is 0 Å². The molecule has 0 spiro atoms. The summed E-state index contributed by atoms with van der Waals surface area (Å²) in [6.45, 7) is 6.98. The molecule has 1 heterocycles. The first-order valence-corrected chi connectivity index (χ1v) is 19.6. The minimum atomic E-state index is -0.0935. The topological polar surface area (TPSA) is 8.17 Å². The van der Waals surface area contributed by atoms with Gasteiger partial charge in [0.25, 0.3) is 0 Å². The summed E-state index contributed by atoms with van der Waals surface area (Å²) in [6.07, 6.45) is 0. The zero-order valence-electron chi connectivity index (χ0n) is 31.8. The Bertz CT molecular complexity index is 3170. The molecule has 0 amide bonds. The van der Waals surface area contributed by atoms with E-state index in [1.807, 2.05) is 0 Å². The fraction of sp³-hybridized carbons (Fsp3) is 0.0741. The van der Waals surface area contributed by atoms with Crippen LogP contribution in [0.25, 0.3) is 71.3 Å². The Hall–Kier alpha value is -6.90. The Balaban J connectivity index is 1.18. The molecule has 0 aliphatic heterocycles. The summed E-state index contributed by atoms with van der Waals surface area (Å²) < 4.78 is 2.46. The molecule has 266 valence electrons. The molecular formula is C54H40N2. The molecule has 2 nitrogen and oxygen atoms in total. The smallest absolute Gasteiger partial charge is 0.0544 e. The minimum Gasteiger partial charge on any atom is -0.310 e. The second-order valence-electron chi connectivity index (χ2n) is 15.9. The molecule has 0 unspecified atom stereocenters. The molecule has 10 aromatic rings. The second-order valence-corrected chi connectivity index (χ2v) is 15.9. The van der Waals surface area contributed by atoms with Crippen molar-refractivity contribution in [2.75, 3.05) is 4.90 Å². The normalized spacial score (nSPS) is 13.1. The Kier molecular flexibility index (Phi) is 7.15. The van der Waals surface area contributed by atoms with E-state index >= 15 is 0 Å². The van der Waals surface area contributed by atoms with Crippen molar-refractivity contribution in [1.82, 2.24) is 4.57 Å². The number of fused-ring (bicyclic) bond motifs is 9. The van der Waals surface area contributed by atoms with Gasteiger partial charge in [-0.1, -0.05) is 135 Å². The molecule has 0 saturated heterocycles. The van der Waals surface area contributed by atoms with Crippen molar-refractivity contribution in [3.63, 3.8) is 0 Å². The first kappa shape index (κ1) is 32.5. The first-order chi connectivity index (χ1) is 27.4. The van der Waals surface area contributed by atoms with Gasteiger partial charge in [-0.15, -0.1) is 0 Å². The van der Waals surface area contributed by atoms with Crippen LogP contribution in [0.3, 0.4) is 0 Å². The highest BCUT2D eigenvalue weighted by molar-refractivity contribution is 6.13. The lowest BCUT2D eigenvalue weighted by molar-refractivity contribution is 0.661.